The normalized spacial score (nSPS) is 11.4. The number of nitrogens with zero attached hydrogens (tertiary/aromatic N) is 3. The molecule has 1 aromatic carbocycles. The average molecular weight is 375 g/mol. The molecule has 0 radical (unpaired) electrons. The fourth-order valence-corrected chi connectivity index (χ4v) is 3.47. The van der Waals surface area contributed by atoms with Crippen molar-refractivity contribution in [1.82, 2.24) is 15.0 Å². The van der Waals surface area contributed by atoms with Crippen LogP contribution in [0.3, 0.4) is 0 Å². The number of aryl methyl sites for hydroxylation is 2. The summed E-state index contributed by atoms with van der Waals surface area (Å²) in [7, 11) is 1.98. The number of hydrogen-bond donors (Lipinski definition) is 0. The lowest BCUT2D eigenvalue weighted by Crippen LogP contribution is -2.18. The Morgan fingerprint density at radius 3 is 2.61 bits per heavy atom. The van der Waals surface area contributed by atoms with Crippen molar-refractivity contribution in [3.05, 3.63) is 81.7 Å². The van der Waals surface area contributed by atoms with E-state index < -0.39 is 0 Å². The van der Waals surface area contributed by atoms with Crippen molar-refractivity contribution < 1.29 is 8.94 Å². The van der Waals surface area contributed by atoms with Gasteiger partial charge in [-0.1, -0.05) is 11.2 Å². The van der Waals surface area contributed by atoms with Gasteiger partial charge in [0, 0.05) is 42.0 Å². The van der Waals surface area contributed by atoms with Gasteiger partial charge in [-0.2, -0.15) is 0 Å². The van der Waals surface area contributed by atoms with E-state index in [1.54, 1.807) is 18.5 Å². The molecular weight excluding hydrogens is 354 g/mol. The quantitative estimate of drug-likeness (QED) is 0.489. The van der Waals surface area contributed by atoms with Crippen molar-refractivity contribution in [1.29, 1.82) is 0 Å². The van der Waals surface area contributed by atoms with Crippen LogP contribution in [0, 0.1) is 13.8 Å². The van der Waals surface area contributed by atoms with Gasteiger partial charge in [0.2, 0.25) is 0 Å². The van der Waals surface area contributed by atoms with Crippen molar-refractivity contribution in [3.63, 3.8) is 0 Å². The maximum Gasteiger partial charge on any atom is 0.336 e. The highest BCUT2D eigenvalue weighted by Crippen LogP contribution is 2.24. The fourth-order valence-electron chi connectivity index (χ4n) is 3.47. The van der Waals surface area contributed by atoms with Crippen LogP contribution in [0.2, 0.25) is 0 Å². The minimum Gasteiger partial charge on any atom is -0.422 e. The molecular formula is C22H21N3O3. The molecule has 4 aromatic rings. The molecule has 0 bridgehead atoms. The van der Waals surface area contributed by atoms with Gasteiger partial charge in [-0.15, -0.1) is 0 Å². The average Bonchev–Trinajstić information content (AvgIpc) is 3.12. The van der Waals surface area contributed by atoms with Crippen LogP contribution in [0.4, 0.5) is 0 Å². The number of fused-ring (bicyclic) bond motifs is 1. The summed E-state index contributed by atoms with van der Waals surface area (Å²) < 4.78 is 10.9. The summed E-state index contributed by atoms with van der Waals surface area (Å²) in [4.78, 5) is 18.1. The summed E-state index contributed by atoms with van der Waals surface area (Å²) in [5.41, 5.74) is 5.11. The third-order valence-electron chi connectivity index (χ3n) is 4.66. The summed E-state index contributed by atoms with van der Waals surface area (Å²) >= 11 is 0. The van der Waals surface area contributed by atoms with E-state index in [0.717, 1.165) is 39.1 Å². The van der Waals surface area contributed by atoms with E-state index >= 15 is 0 Å². The molecule has 0 fully saturated rings. The van der Waals surface area contributed by atoms with Gasteiger partial charge in [0.1, 0.15) is 11.3 Å². The third kappa shape index (κ3) is 3.73. The maximum absolute atomic E-state index is 12.0. The Hall–Kier alpha value is -3.25. The first-order valence-corrected chi connectivity index (χ1v) is 9.08. The Morgan fingerprint density at radius 1 is 1.04 bits per heavy atom. The molecule has 6 nitrogen and oxygen atoms in total. The highest BCUT2D eigenvalue weighted by Gasteiger charge is 2.13. The number of pyridine rings is 1. The van der Waals surface area contributed by atoms with Gasteiger partial charge in [-0.05, 0) is 55.8 Å². The minimum absolute atomic E-state index is 0.331. The summed E-state index contributed by atoms with van der Waals surface area (Å²) in [5.74, 6) is 0.758. The summed E-state index contributed by atoms with van der Waals surface area (Å²) in [6, 6.07) is 11.4. The Kier molecular flexibility index (Phi) is 4.79. The molecule has 0 aliphatic heterocycles. The van der Waals surface area contributed by atoms with Crippen LogP contribution in [-0.2, 0) is 13.1 Å². The third-order valence-corrected chi connectivity index (χ3v) is 4.66. The van der Waals surface area contributed by atoms with E-state index in [1.807, 2.05) is 45.2 Å². The molecule has 3 heterocycles. The first-order valence-electron chi connectivity index (χ1n) is 9.08. The Morgan fingerprint density at radius 2 is 1.82 bits per heavy atom. The van der Waals surface area contributed by atoms with Crippen LogP contribution in [-0.4, -0.2) is 22.1 Å². The Balaban J connectivity index is 1.57. The zero-order chi connectivity index (χ0) is 19.7. The van der Waals surface area contributed by atoms with Gasteiger partial charge in [0.05, 0.1) is 6.54 Å². The molecule has 0 saturated carbocycles. The topological polar surface area (TPSA) is 72.4 Å². The van der Waals surface area contributed by atoms with Crippen LogP contribution >= 0.6 is 0 Å². The van der Waals surface area contributed by atoms with Crippen molar-refractivity contribution in [2.75, 3.05) is 7.05 Å². The first kappa shape index (κ1) is 18.1. The molecule has 0 N–H and O–H groups in total. The highest BCUT2D eigenvalue weighted by atomic mass is 16.5. The van der Waals surface area contributed by atoms with Crippen molar-refractivity contribution in [3.8, 4) is 11.3 Å². The second kappa shape index (κ2) is 7.40. The summed E-state index contributed by atoms with van der Waals surface area (Å²) in [5, 5.41) is 5.11. The molecule has 0 spiro atoms. The first-order chi connectivity index (χ1) is 13.5. The van der Waals surface area contributed by atoms with Gasteiger partial charge >= 0.3 is 5.63 Å². The van der Waals surface area contributed by atoms with Crippen LogP contribution in [0.25, 0.3) is 22.2 Å². The van der Waals surface area contributed by atoms with E-state index in [-0.39, 0.29) is 5.63 Å². The van der Waals surface area contributed by atoms with Gasteiger partial charge in [-0.3, -0.25) is 9.88 Å². The Labute approximate surface area is 162 Å². The molecule has 0 aliphatic carbocycles. The van der Waals surface area contributed by atoms with Crippen molar-refractivity contribution >= 4 is 11.0 Å². The second-order valence-corrected chi connectivity index (χ2v) is 7.14. The standard InChI is InChI=1S/C22H21N3O3/c1-14-8-15(2)22-19(9-14)17(10-21(26)27-22)12-25(3)13-18-11-20(24-28-18)16-4-6-23-7-5-16/h4-11H,12-13H2,1-3H3. The molecule has 0 unspecified atom stereocenters. The van der Waals surface area contributed by atoms with Crippen LogP contribution < -0.4 is 5.63 Å². The molecule has 0 amide bonds. The minimum atomic E-state index is -0.331. The van der Waals surface area contributed by atoms with Crippen molar-refractivity contribution in [2.24, 2.45) is 0 Å². The van der Waals surface area contributed by atoms with E-state index in [0.29, 0.717) is 18.7 Å². The molecule has 4 rings (SSSR count). The van der Waals surface area contributed by atoms with Gasteiger partial charge < -0.3 is 8.94 Å². The summed E-state index contributed by atoms with van der Waals surface area (Å²) in [6.07, 6.45) is 3.46. The number of benzene rings is 1. The van der Waals surface area contributed by atoms with Crippen molar-refractivity contribution in [2.45, 2.75) is 26.9 Å². The zero-order valence-electron chi connectivity index (χ0n) is 16.1. The van der Waals surface area contributed by atoms with E-state index in [9.17, 15) is 4.79 Å². The molecule has 28 heavy (non-hydrogen) atoms. The fraction of sp³-hybridized carbons (Fsp3) is 0.227. The van der Waals surface area contributed by atoms with Gasteiger partial charge in [-0.25, -0.2) is 4.79 Å². The lowest BCUT2D eigenvalue weighted by atomic mass is 10.0. The SMILES string of the molecule is Cc1cc(C)c2oc(=O)cc(CN(C)Cc3cc(-c4ccncc4)no3)c2c1. The van der Waals surface area contributed by atoms with Crippen LogP contribution in [0.5, 0.6) is 0 Å². The van der Waals surface area contributed by atoms with Crippen LogP contribution in [0.15, 0.2) is 62.5 Å². The van der Waals surface area contributed by atoms with E-state index in [1.165, 1.54) is 0 Å². The van der Waals surface area contributed by atoms with E-state index in [4.69, 9.17) is 8.94 Å². The Bertz CT molecular complexity index is 1180. The number of rotatable bonds is 5. The molecule has 6 heteroatoms. The smallest absolute Gasteiger partial charge is 0.336 e. The largest absolute Gasteiger partial charge is 0.422 e. The van der Waals surface area contributed by atoms with Gasteiger partial charge in [0.25, 0.3) is 0 Å². The van der Waals surface area contributed by atoms with E-state index in [2.05, 4.69) is 21.1 Å². The summed E-state index contributed by atoms with van der Waals surface area (Å²) in [6.45, 7) is 5.17. The second-order valence-electron chi connectivity index (χ2n) is 7.14. The number of hydrogen-bond acceptors (Lipinski definition) is 6. The zero-order valence-corrected chi connectivity index (χ0v) is 16.1. The molecule has 0 aliphatic rings. The molecule has 142 valence electrons. The lowest BCUT2D eigenvalue weighted by molar-refractivity contribution is 0.267. The highest BCUT2D eigenvalue weighted by molar-refractivity contribution is 5.83. The van der Waals surface area contributed by atoms with Gasteiger partial charge in [0.15, 0.2) is 5.76 Å². The number of aromatic nitrogens is 2. The molecule has 0 atom stereocenters. The predicted molar refractivity (Wildman–Crippen MR) is 107 cm³/mol. The monoisotopic (exact) mass is 375 g/mol. The predicted octanol–water partition coefficient (Wildman–Crippen LogP) is 4.09. The molecule has 3 aromatic heterocycles. The lowest BCUT2D eigenvalue weighted by Gasteiger charge is -2.16. The molecule has 0 saturated heterocycles. The maximum atomic E-state index is 12.0. The van der Waals surface area contributed by atoms with Crippen LogP contribution in [0.1, 0.15) is 22.5 Å².